The van der Waals surface area contributed by atoms with Crippen molar-refractivity contribution in [2.45, 2.75) is 18.8 Å². The van der Waals surface area contributed by atoms with Gasteiger partial charge >= 0.3 is 0 Å². The highest BCUT2D eigenvalue weighted by Gasteiger charge is 2.35. The normalized spacial score (nSPS) is 16.4. The first-order valence-corrected chi connectivity index (χ1v) is 9.90. The molecule has 150 valence electrons. The molecule has 30 heavy (non-hydrogen) atoms. The van der Waals surface area contributed by atoms with E-state index in [-0.39, 0.29) is 46.3 Å². The van der Waals surface area contributed by atoms with Crippen LogP contribution in [0.25, 0.3) is 0 Å². The van der Waals surface area contributed by atoms with E-state index in [0.717, 1.165) is 18.4 Å². The second-order valence-electron chi connectivity index (χ2n) is 7.68. The summed E-state index contributed by atoms with van der Waals surface area (Å²) in [6.45, 7) is 1.04. The van der Waals surface area contributed by atoms with Gasteiger partial charge in [-0.15, -0.1) is 0 Å². The van der Waals surface area contributed by atoms with Gasteiger partial charge in [0.15, 0.2) is 17.3 Å². The molecule has 0 saturated carbocycles. The number of piperidine rings is 1. The van der Waals surface area contributed by atoms with Crippen molar-refractivity contribution >= 4 is 17.5 Å². The maximum Gasteiger partial charge on any atom is 0.289 e. The summed E-state index contributed by atoms with van der Waals surface area (Å²) in [5.74, 6) is -1.08. The SMILES string of the molecule is O=C1c2ccccc2C(=O)c2oc(C(=O)N3CCC(c4ccc(F)cc4)CC3)cc21. The van der Waals surface area contributed by atoms with Gasteiger partial charge < -0.3 is 9.32 Å². The van der Waals surface area contributed by atoms with Gasteiger partial charge in [-0.3, -0.25) is 14.4 Å². The van der Waals surface area contributed by atoms with Gasteiger partial charge in [-0.2, -0.15) is 0 Å². The first-order valence-electron chi connectivity index (χ1n) is 9.90. The molecule has 0 bridgehead atoms. The maximum absolute atomic E-state index is 13.1. The Hall–Kier alpha value is -3.54. The molecule has 1 aliphatic heterocycles. The molecule has 0 spiro atoms. The average Bonchev–Trinajstić information content (AvgIpc) is 3.24. The Morgan fingerprint density at radius 1 is 0.900 bits per heavy atom. The number of carbonyl (C=O) groups is 3. The zero-order chi connectivity index (χ0) is 20.8. The number of halogens is 1. The second kappa shape index (κ2) is 7.06. The molecule has 0 radical (unpaired) electrons. The summed E-state index contributed by atoms with van der Waals surface area (Å²) in [4.78, 5) is 40.0. The number of nitrogens with zero attached hydrogens (tertiary/aromatic N) is 1. The Morgan fingerprint density at radius 3 is 2.20 bits per heavy atom. The van der Waals surface area contributed by atoms with Crippen LogP contribution >= 0.6 is 0 Å². The fourth-order valence-electron chi connectivity index (χ4n) is 4.29. The number of hydrogen-bond acceptors (Lipinski definition) is 4. The van der Waals surface area contributed by atoms with Crippen molar-refractivity contribution < 1.29 is 23.2 Å². The van der Waals surface area contributed by atoms with E-state index in [1.54, 1.807) is 41.3 Å². The molecule has 5 rings (SSSR count). The fourth-order valence-corrected chi connectivity index (χ4v) is 4.29. The Balaban J connectivity index is 1.34. The van der Waals surface area contributed by atoms with Gasteiger partial charge in [0.1, 0.15) is 5.82 Å². The molecule has 2 aromatic carbocycles. The minimum Gasteiger partial charge on any atom is -0.447 e. The highest BCUT2D eigenvalue weighted by Crippen LogP contribution is 2.32. The van der Waals surface area contributed by atoms with Crippen LogP contribution in [0.5, 0.6) is 0 Å². The van der Waals surface area contributed by atoms with Crippen molar-refractivity contribution in [3.63, 3.8) is 0 Å². The Kier molecular flexibility index (Phi) is 4.35. The smallest absolute Gasteiger partial charge is 0.289 e. The zero-order valence-corrected chi connectivity index (χ0v) is 16.1. The van der Waals surface area contributed by atoms with Crippen molar-refractivity contribution in [1.29, 1.82) is 0 Å². The van der Waals surface area contributed by atoms with Gasteiger partial charge in [0.2, 0.25) is 5.78 Å². The third kappa shape index (κ3) is 2.96. The number of carbonyl (C=O) groups excluding carboxylic acids is 3. The van der Waals surface area contributed by atoms with Crippen LogP contribution in [0, 0.1) is 5.82 Å². The summed E-state index contributed by atoms with van der Waals surface area (Å²) in [6.07, 6.45) is 1.50. The number of fused-ring (bicyclic) bond motifs is 2. The second-order valence-corrected chi connectivity index (χ2v) is 7.68. The molecule has 6 heteroatoms. The number of furan rings is 1. The number of likely N-dealkylation sites (tertiary alicyclic amines) is 1. The minimum absolute atomic E-state index is 0.00902. The van der Waals surface area contributed by atoms with Crippen LogP contribution in [0.4, 0.5) is 4.39 Å². The molecule has 1 fully saturated rings. The molecule has 2 aliphatic rings. The predicted octanol–water partition coefficient (Wildman–Crippen LogP) is 4.21. The number of benzene rings is 2. The van der Waals surface area contributed by atoms with Crippen LogP contribution in [0.1, 0.15) is 66.9 Å². The van der Waals surface area contributed by atoms with Crippen molar-refractivity contribution in [2.24, 2.45) is 0 Å². The number of rotatable bonds is 2. The lowest BCUT2D eigenvalue weighted by molar-refractivity contribution is 0.0678. The van der Waals surface area contributed by atoms with Gasteiger partial charge in [-0.25, -0.2) is 4.39 Å². The van der Waals surface area contributed by atoms with Gasteiger partial charge in [0.05, 0.1) is 5.56 Å². The van der Waals surface area contributed by atoms with E-state index in [2.05, 4.69) is 0 Å². The lowest BCUT2D eigenvalue weighted by atomic mass is 9.88. The molecule has 1 aliphatic carbocycles. The molecule has 0 N–H and O–H groups in total. The summed E-state index contributed by atoms with van der Waals surface area (Å²) < 4.78 is 18.7. The monoisotopic (exact) mass is 403 g/mol. The van der Waals surface area contributed by atoms with Gasteiger partial charge in [-0.1, -0.05) is 36.4 Å². The van der Waals surface area contributed by atoms with Gasteiger partial charge in [0.25, 0.3) is 5.91 Å². The van der Waals surface area contributed by atoms with E-state index >= 15 is 0 Å². The van der Waals surface area contributed by atoms with Crippen molar-refractivity contribution in [3.05, 3.63) is 94.2 Å². The quantitative estimate of drug-likeness (QED) is 0.503. The fraction of sp³-hybridized carbons (Fsp3) is 0.208. The molecule has 5 nitrogen and oxygen atoms in total. The first kappa shape index (κ1) is 18.5. The molecule has 2 heterocycles. The molecular formula is C24H18FNO4. The molecule has 0 atom stereocenters. The minimum atomic E-state index is -0.380. The third-order valence-corrected chi connectivity index (χ3v) is 5.93. The van der Waals surface area contributed by atoms with Crippen LogP contribution < -0.4 is 0 Å². The lowest BCUT2D eigenvalue weighted by Gasteiger charge is -2.31. The molecule has 1 saturated heterocycles. The van der Waals surface area contributed by atoms with Crippen LogP contribution in [-0.2, 0) is 0 Å². The van der Waals surface area contributed by atoms with E-state index in [1.807, 2.05) is 0 Å². The van der Waals surface area contributed by atoms with E-state index in [4.69, 9.17) is 4.42 Å². The van der Waals surface area contributed by atoms with Crippen LogP contribution in [0.3, 0.4) is 0 Å². The summed E-state index contributed by atoms with van der Waals surface area (Å²) in [7, 11) is 0. The van der Waals surface area contributed by atoms with Gasteiger partial charge in [-0.05, 0) is 36.5 Å². The average molecular weight is 403 g/mol. The van der Waals surface area contributed by atoms with Gasteiger partial charge in [0, 0.05) is 30.3 Å². The number of hydrogen-bond donors (Lipinski definition) is 0. The topological polar surface area (TPSA) is 67.6 Å². The standard InChI is InChI=1S/C24H18FNO4/c25-16-7-5-14(6-8-16)15-9-11-26(12-10-15)24(29)20-13-19-21(27)17-3-1-2-4-18(17)22(28)23(19)30-20/h1-8,13,15H,9-12H2. The largest absolute Gasteiger partial charge is 0.447 e. The maximum atomic E-state index is 13.1. The summed E-state index contributed by atoms with van der Waals surface area (Å²) >= 11 is 0. The Bertz CT molecular complexity index is 1120. The van der Waals surface area contributed by atoms with E-state index in [9.17, 15) is 18.8 Å². The summed E-state index contributed by atoms with van der Waals surface area (Å²) in [5, 5.41) is 0. The highest BCUT2D eigenvalue weighted by atomic mass is 19.1. The van der Waals surface area contributed by atoms with Crippen LogP contribution in [-0.4, -0.2) is 35.5 Å². The molecule has 0 unspecified atom stereocenters. The molecule has 3 aromatic rings. The molecule has 1 aromatic heterocycles. The first-order chi connectivity index (χ1) is 14.5. The predicted molar refractivity (Wildman–Crippen MR) is 106 cm³/mol. The van der Waals surface area contributed by atoms with Crippen molar-refractivity contribution in [1.82, 2.24) is 4.90 Å². The summed E-state index contributed by atoms with van der Waals surface area (Å²) in [5.41, 5.74) is 1.83. The number of ketones is 2. The molecule has 1 amide bonds. The lowest BCUT2D eigenvalue weighted by Crippen LogP contribution is -2.37. The van der Waals surface area contributed by atoms with E-state index in [0.29, 0.717) is 24.2 Å². The highest BCUT2D eigenvalue weighted by molar-refractivity contribution is 6.27. The van der Waals surface area contributed by atoms with E-state index in [1.165, 1.54) is 18.2 Å². The molecular weight excluding hydrogens is 385 g/mol. The van der Waals surface area contributed by atoms with Crippen molar-refractivity contribution in [3.8, 4) is 0 Å². The van der Waals surface area contributed by atoms with Crippen LogP contribution in [0.2, 0.25) is 0 Å². The third-order valence-electron chi connectivity index (χ3n) is 5.93. The Labute approximate surface area is 172 Å². The van der Waals surface area contributed by atoms with E-state index < -0.39 is 0 Å². The van der Waals surface area contributed by atoms with Crippen LogP contribution in [0.15, 0.2) is 59.0 Å². The number of amides is 1. The summed E-state index contributed by atoms with van der Waals surface area (Å²) in [6, 6.07) is 14.4. The zero-order valence-electron chi connectivity index (χ0n) is 16.1. The Morgan fingerprint density at radius 2 is 1.53 bits per heavy atom. The van der Waals surface area contributed by atoms with Crippen molar-refractivity contribution in [2.75, 3.05) is 13.1 Å².